The SMILES string of the molecule is Cc1ccc2nc(N3CCN(c4ccccc4)CC3)nc(-c3ccccc3)c2c1. The number of hydrogen-bond donors (Lipinski definition) is 0. The van der Waals surface area contributed by atoms with Gasteiger partial charge < -0.3 is 9.80 Å². The van der Waals surface area contributed by atoms with E-state index >= 15 is 0 Å². The summed E-state index contributed by atoms with van der Waals surface area (Å²) in [6.45, 7) is 5.89. The van der Waals surface area contributed by atoms with E-state index in [1.54, 1.807) is 0 Å². The molecule has 0 amide bonds. The standard InChI is InChI=1S/C25H24N4/c1-19-12-13-23-22(18-19)24(20-8-4-2-5-9-20)27-25(26-23)29-16-14-28(15-17-29)21-10-6-3-7-11-21/h2-13,18H,14-17H2,1H3. The topological polar surface area (TPSA) is 32.3 Å². The number of para-hydroxylation sites is 1. The lowest BCUT2D eigenvalue weighted by molar-refractivity contribution is 0.641. The molecule has 1 fully saturated rings. The van der Waals surface area contributed by atoms with E-state index in [4.69, 9.17) is 9.97 Å². The predicted octanol–water partition coefficient (Wildman–Crippen LogP) is 4.93. The molecular weight excluding hydrogens is 356 g/mol. The van der Waals surface area contributed by atoms with Crippen LogP contribution in [0.4, 0.5) is 11.6 Å². The first-order valence-electron chi connectivity index (χ1n) is 10.2. The molecule has 0 atom stereocenters. The van der Waals surface area contributed by atoms with Crippen LogP contribution in [0.25, 0.3) is 22.2 Å². The van der Waals surface area contributed by atoms with Crippen LogP contribution in [-0.4, -0.2) is 36.1 Å². The fourth-order valence-corrected chi connectivity index (χ4v) is 3.99. The summed E-state index contributed by atoms with van der Waals surface area (Å²) >= 11 is 0. The first-order valence-corrected chi connectivity index (χ1v) is 10.2. The highest BCUT2D eigenvalue weighted by atomic mass is 15.3. The van der Waals surface area contributed by atoms with Gasteiger partial charge in [-0.05, 0) is 31.2 Å². The maximum absolute atomic E-state index is 5.03. The van der Waals surface area contributed by atoms with Crippen LogP contribution in [-0.2, 0) is 0 Å². The minimum absolute atomic E-state index is 0.827. The average molecular weight is 380 g/mol. The average Bonchev–Trinajstić information content (AvgIpc) is 2.80. The van der Waals surface area contributed by atoms with Gasteiger partial charge in [-0.1, -0.05) is 60.2 Å². The molecule has 29 heavy (non-hydrogen) atoms. The maximum Gasteiger partial charge on any atom is 0.226 e. The summed E-state index contributed by atoms with van der Waals surface area (Å²) in [6, 6.07) is 27.5. The molecule has 1 aliphatic rings. The molecule has 4 aromatic rings. The molecular formula is C25H24N4. The third-order valence-electron chi connectivity index (χ3n) is 5.57. The minimum Gasteiger partial charge on any atom is -0.368 e. The summed E-state index contributed by atoms with van der Waals surface area (Å²) in [6.07, 6.45) is 0. The summed E-state index contributed by atoms with van der Waals surface area (Å²) in [5.74, 6) is 0.827. The van der Waals surface area contributed by atoms with Crippen LogP contribution in [0.2, 0.25) is 0 Å². The Kier molecular flexibility index (Phi) is 4.60. The molecule has 4 nitrogen and oxygen atoms in total. The van der Waals surface area contributed by atoms with Gasteiger partial charge >= 0.3 is 0 Å². The van der Waals surface area contributed by atoms with Gasteiger partial charge in [-0.15, -0.1) is 0 Å². The number of piperazine rings is 1. The highest BCUT2D eigenvalue weighted by Crippen LogP contribution is 2.29. The number of benzene rings is 3. The van der Waals surface area contributed by atoms with E-state index in [0.29, 0.717) is 0 Å². The van der Waals surface area contributed by atoms with Crippen molar-refractivity contribution in [3.63, 3.8) is 0 Å². The van der Waals surface area contributed by atoms with Gasteiger partial charge in [-0.3, -0.25) is 0 Å². The Hall–Kier alpha value is -3.40. The van der Waals surface area contributed by atoms with Crippen molar-refractivity contribution in [1.82, 2.24) is 9.97 Å². The van der Waals surface area contributed by atoms with Gasteiger partial charge in [-0.25, -0.2) is 9.97 Å². The van der Waals surface area contributed by atoms with Crippen molar-refractivity contribution >= 4 is 22.5 Å². The lowest BCUT2D eigenvalue weighted by Gasteiger charge is -2.36. The van der Waals surface area contributed by atoms with Crippen molar-refractivity contribution in [3.8, 4) is 11.3 Å². The van der Waals surface area contributed by atoms with Crippen LogP contribution in [0.3, 0.4) is 0 Å². The van der Waals surface area contributed by atoms with Gasteiger partial charge in [0.15, 0.2) is 0 Å². The Morgan fingerprint density at radius 3 is 2.07 bits per heavy atom. The molecule has 2 heterocycles. The first kappa shape index (κ1) is 17.7. The third-order valence-corrected chi connectivity index (χ3v) is 5.57. The van der Waals surface area contributed by atoms with E-state index in [2.05, 4.69) is 89.5 Å². The number of fused-ring (bicyclic) bond motifs is 1. The summed E-state index contributed by atoms with van der Waals surface area (Å²) in [5, 5.41) is 1.11. The van der Waals surface area contributed by atoms with Gasteiger partial charge in [-0.2, -0.15) is 0 Å². The Labute approximate surface area is 171 Å². The second kappa shape index (κ2) is 7.55. The first-order chi connectivity index (χ1) is 14.3. The molecule has 0 radical (unpaired) electrons. The zero-order valence-electron chi connectivity index (χ0n) is 16.6. The van der Waals surface area contributed by atoms with E-state index in [9.17, 15) is 0 Å². The summed E-state index contributed by atoms with van der Waals surface area (Å²) in [4.78, 5) is 14.7. The van der Waals surface area contributed by atoms with Gasteiger partial charge in [0, 0.05) is 42.8 Å². The number of hydrogen-bond acceptors (Lipinski definition) is 4. The van der Waals surface area contributed by atoms with E-state index in [1.165, 1.54) is 11.3 Å². The molecule has 0 spiro atoms. The van der Waals surface area contributed by atoms with Crippen LogP contribution in [0.5, 0.6) is 0 Å². The molecule has 4 heteroatoms. The highest BCUT2D eigenvalue weighted by Gasteiger charge is 2.21. The molecule has 5 rings (SSSR count). The number of nitrogens with zero attached hydrogens (tertiary/aromatic N) is 4. The molecule has 3 aromatic carbocycles. The molecule has 1 aliphatic heterocycles. The second-order valence-corrected chi connectivity index (χ2v) is 7.57. The second-order valence-electron chi connectivity index (χ2n) is 7.57. The quantitative estimate of drug-likeness (QED) is 0.504. The van der Waals surface area contributed by atoms with E-state index in [-0.39, 0.29) is 0 Å². The lowest BCUT2D eigenvalue weighted by Crippen LogP contribution is -2.47. The predicted molar refractivity (Wildman–Crippen MR) is 121 cm³/mol. The number of aromatic nitrogens is 2. The van der Waals surface area contributed by atoms with E-state index < -0.39 is 0 Å². The molecule has 0 saturated carbocycles. The monoisotopic (exact) mass is 380 g/mol. The van der Waals surface area contributed by atoms with Crippen molar-refractivity contribution in [1.29, 1.82) is 0 Å². The maximum atomic E-state index is 5.03. The largest absolute Gasteiger partial charge is 0.368 e. The van der Waals surface area contributed by atoms with Crippen molar-refractivity contribution < 1.29 is 0 Å². The number of rotatable bonds is 3. The van der Waals surface area contributed by atoms with Crippen LogP contribution in [0, 0.1) is 6.92 Å². The fraction of sp³-hybridized carbons (Fsp3) is 0.200. The van der Waals surface area contributed by atoms with Crippen molar-refractivity contribution in [3.05, 3.63) is 84.4 Å². The normalized spacial score (nSPS) is 14.4. The Morgan fingerprint density at radius 1 is 0.690 bits per heavy atom. The van der Waals surface area contributed by atoms with Crippen LogP contribution in [0.1, 0.15) is 5.56 Å². The summed E-state index contributed by atoms with van der Waals surface area (Å²) in [7, 11) is 0. The third kappa shape index (κ3) is 3.54. The lowest BCUT2D eigenvalue weighted by atomic mass is 10.0. The van der Waals surface area contributed by atoms with Gasteiger partial charge in [0.05, 0.1) is 11.2 Å². The molecule has 0 unspecified atom stereocenters. The summed E-state index contributed by atoms with van der Waals surface area (Å²) < 4.78 is 0. The Balaban J connectivity index is 1.49. The molecule has 1 aromatic heterocycles. The van der Waals surface area contributed by atoms with Crippen molar-refractivity contribution in [2.45, 2.75) is 6.92 Å². The van der Waals surface area contributed by atoms with Crippen molar-refractivity contribution in [2.24, 2.45) is 0 Å². The van der Waals surface area contributed by atoms with Gasteiger partial charge in [0.1, 0.15) is 0 Å². The van der Waals surface area contributed by atoms with E-state index in [1.807, 2.05) is 6.07 Å². The molecule has 1 saturated heterocycles. The van der Waals surface area contributed by atoms with Crippen LogP contribution in [0.15, 0.2) is 78.9 Å². The summed E-state index contributed by atoms with van der Waals surface area (Å²) in [5.41, 5.74) is 5.66. The van der Waals surface area contributed by atoms with Crippen molar-refractivity contribution in [2.75, 3.05) is 36.0 Å². The van der Waals surface area contributed by atoms with Crippen LogP contribution < -0.4 is 9.80 Å². The number of anilines is 2. The Bertz CT molecular complexity index is 1120. The number of aryl methyl sites for hydroxylation is 1. The minimum atomic E-state index is 0.827. The molecule has 0 bridgehead atoms. The molecule has 0 N–H and O–H groups in total. The van der Waals surface area contributed by atoms with Crippen LogP contribution >= 0.6 is 0 Å². The molecule has 0 aliphatic carbocycles. The van der Waals surface area contributed by atoms with Gasteiger partial charge in [0.25, 0.3) is 0 Å². The highest BCUT2D eigenvalue weighted by molar-refractivity contribution is 5.93. The molecule has 144 valence electrons. The van der Waals surface area contributed by atoms with Gasteiger partial charge in [0.2, 0.25) is 5.95 Å². The Morgan fingerprint density at radius 2 is 1.34 bits per heavy atom. The smallest absolute Gasteiger partial charge is 0.226 e. The zero-order chi connectivity index (χ0) is 19.6. The fourth-order valence-electron chi connectivity index (χ4n) is 3.99. The van der Waals surface area contributed by atoms with E-state index in [0.717, 1.165) is 54.3 Å². The zero-order valence-corrected chi connectivity index (χ0v) is 16.6.